The number of quaternary nitrogens is 1. The summed E-state index contributed by atoms with van der Waals surface area (Å²) in [5.74, 6) is 0.452. The summed E-state index contributed by atoms with van der Waals surface area (Å²) in [4.78, 5) is 1.71. The van der Waals surface area contributed by atoms with Gasteiger partial charge in [0.1, 0.15) is 0 Å². The van der Waals surface area contributed by atoms with Crippen molar-refractivity contribution in [2.45, 2.75) is 63.4 Å². The Morgan fingerprint density at radius 3 is 2.23 bits per heavy atom. The van der Waals surface area contributed by atoms with E-state index in [2.05, 4.69) is 30.3 Å². The van der Waals surface area contributed by atoms with Gasteiger partial charge in [0, 0.05) is 6.42 Å². The van der Waals surface area contributed by atoms with Crippen LogP contribution in [0.4, 0.5) is 0 Å². The Morgan fingerprint density at radius 2 is 1.55 bits per heavy atom. The first-order valence-corrected chi connectivity index (χ1v) is 9.40. The van der Waals surface area contributed by atoms with Crippen LogP contribution in [0.5, 0.6) is 0 Å². The van der Waals surface area contributed by atoms with Gasteiger partial charge in [-0.2, -0.15) is 0 Å². The Labute approximate surface area is 135 Å². The highest BCUT2D eigenvalue weighted by Gasteiger charge is 2.39. The van der Waals surface area contributed by atoms with Crippen molar-refractivity contribution in [2.24, 2.45) is 5.92 Å². The van der Waals surface area contributed by atoms with Crippen LogP contribution < -0.4 is 4.90 Å². The van der Waals surface area contributed by atoms with Crippen molar-refractivity contribution >= 4 is 0 Å². The van der Waals surface area contributed by atoms with E-state index in [1.165, 1.54) is 64.5 Å². The smallest absolute Gasteiger partial charge is 0.0978 e. The van der Waals surface area contributed by atoms with Crippen LogP contribution in [-0.4, -0.2) is 24.7 Å². The zero-order chi connectivity index (χ0) is 15.3. The fourth-order valence-corrected chi connectivity index (χ4v) is 4.56. The second kappa shape index (κ2) is 7.61. The van der Waals surface area contributed by atoms with E-state index in [-0.39, 0.29) is 0 Å². The van der Waals surface area contributed by atoms with Crippen LogP contribution in [0.2, 0.25) is 0 Å². The van der Waals surface area contributed by atoms with Gasteiger partial charge in [0.15, 0.2) is 0 Å². The van der Waals surface area contributed by atoms with E-state index >= 15 is 0 Å². The summed E-state index contributed by atoms with van der Waals surface area (Å²) in [6.45, 7) is 3.73. The molecule has 0 bridgehead atoms. The van der Waals surface area contributed by atoms with Crippen molar-refractivity contribution in [1.29, 1.82) is 0 Å². The molecule has 122 valence electrons. The van der Waals surface area contributed by atoms with E-state index in [1.807, 2.05) is 0 Å². The third-order valence-electron chi connectivity index (χ3n) is 5.97. The van der Waals surface area contributed by atoms with Crippen molar-refractivity contribution in [1.82, 2.24) is 0 Å². The molecule has 1 saturated heterocycles. The highest BCUT2D eigenvalue weighted by Crippen LogP contribution is 2.41. The molecule has 2 heteroatoms. The first-order valence-electron chi connectivity index (χ1n) is 9.40. The minimum Gasteiger partial charge on any atom is -0.385 e. The number of aliphatic hydroxyl groups is 1. The topological polar surface area (TPSA) is 24.7 Å². The molecule has 2 nitrogen and oxygen atoms in total. The number of hydrogen-bond acceptors (Lipinski definition) is 1. The Morgan fingerprint density at radius 1 is 0.909 bits per heavy atom. The zero-order valence-electron chi connectivity index (χ0n) is 13.9. The molecule has 0 unspecified atom stereocenters. The highest BCUT2D eigenvalue weighted by molar-refractivity contribution is 5.23. The lowest BCUT2D eigenvalue weighted by Gasteiger charge is -2.40. The molecule has 1 heterocycles. The summed E-state index contributed by atoms with van der Waals surface area (Å²) >= 11 is 0. The molecule has 2 N–H and O–H groups in total. The molecule has 1 aliphatic heterocycles. The van der Waals surface area contributed by atoms with Gasteiger partial charge in [0.25, 0.3) is 0 Å². The van der Waals surface area contributed by atoms with Crippen molar-refractivity contribution in [3.63, 3.8) is 0 Å². The molecular formula is C20H32NO+. The number of benzene rings is 1. The third kappa shape index (κ3) is 3.72. The fraction of sp³-hybridized carbons (Fsp3) is 0.700. The molecule has 2 aliphatic rings. The van der Waals surface area contributed by atoms with Crippen LogP contribution in [0, 0.1) is 5.92 Å². The summed E-state index contributed by atoms with van der Waals surface area (Å²) in [5, 5.41) is 11.6. The zero-order valence-corrected chi connectivity index (χ0v) is 13.9. The Bertz CT molecular complexity index is 434. The summed E-state index contributed by atoms with van der Waals surface area (Å²) in [7, 11) is 0. The second-order valence-corrected chi connectivity index (χ2v) is 7.44. The van der Waals surface area contributed by atoms with E-state index in [0.717, 1.165) is 18.5 Å². The van der Waals surface area contributed by atoms with Gasteiger partial charge in [-0.1, -0.05) is 49.6 Å². The first-order chi connectivity index (χ1) is 10.8. The predicted molar refractivity (Wildman–Crippen MR) is 90.9 cm³/mol. The van der Waals surface area contributed by atoms with Gasteiger partial charge in [-0.3, -0.25) is 0 Å². The standard InChI is InChI=1S/C20H31NO/c22-20(18-10-4-1-5-11-18,19-12-6-2-7-13-19)14-17-21-15-8-3-9-16-21/h1,4-5,10-11,19,22H,2-3,6-9,12-17H2/p+1/t20-/m1/s1. The average Bonchev–Trinajstić information content (AvgIpc) is 2.62. The highest BCUT2D eigenvalue weighted by atomic mass is 16.3. The minimum atomic E-state index is -0.605. The van der Waals surface area contributed by atoms with Crippen LogP contribution >= 0.6 is 0 Å². The van der Waals surface area contributed by atoms with Gasteiger partial charge in [-0.25, -0.2) is 0 Å². The molecule has 0 amide bonds. The molecule has 0 spiro atoms. The maximum atomic E-state index is 11.6. The van der Waals surface area contributed by atoms with Crippen LogP contribution in [0.1, 0.15) is 63.4 Å². The Kier molecular flexibility index (Phi) is 5.54. The lowest BCUT2D eigenvalue weighted by atomic mass is 9.71. The number of hydrogen-bond donors (Lipinski definition) is 2. The predicted octanol–water partition coefficient (Wildman–Crippen LogP) is 2.91. The number of piperidine rings is 1. The quantitative estimate of drug-likeness (QED) is 0.859. The monoisotopic (exact) mass is 302 g/mol. The lowest BCUT2D eigenvalue weighted by Crippen LogP contribution is -3.13. The van der Waals surface area contributed by atoms with Gasteiger partial charge in [-0.15, -0.1) is 0 Å². The number of likely N-dealkylation sites (tertiary alicyclic amines) is 1. The first kappa shape index (κ1) is 16.0. The van der Waals surface area contributed by atoms with Gasteiger partial charge in [0.2, 0.25) is 0 Å². The van der Waals surface area contributed by atoms with Crippen molar-refractivity contribution in [3.05, 3.63) is 35.9 Å². The molecule has 3 rings (SSSR count). The summed E-state index contributed by atoms with van der Waals surface area (Å²) in [5.41, 5.74) is 0.546. The summed E-state index contributed by atoms with van der Waals surface area (Å²) < 4.78 is 0. The molecule has 1 aromatic rings. The van der Waals surface area contributed by atoms with Crippen molar-refractivity contribution < 1.29 is 10.0 Å². The number of nitrogens with one attached hydrogen (secondary N) is 1. The Balaban J connectivity index is 1.73. The van der Waals surface area contributed by atoms with E-state index in [9.17, 15) is 5.11 Å². The maximum Gasteiger partial charge on any atom is 0.0978 e. The SMILES string of the molecule is O[C@](CC[NH+]1CCCCC1)(c1ccccc1)C1CCCCC1. The molecule has 0 radical (unpaired) electrons. The van der Waals surface area contributed by atoms with E-state index in [4.69, 9.17) is 0 Å². The van der Waals surface area contributed by atoms with Crippen LogP contribution in [0.15, 0.2) is 30.3 Å². The van der Waals surface area contributed by atoms with E-state index in [0.29, 0.717) is 5.92 Å². The van der Waals surface area contributed by atoms with Crippen LogP contribution in [0.3, 0.4) is 0 Å². The lowest BCUT2D eigenvalue weighted by molar-refractivity contribution is -0.905. The molecule has 1 atom stereocenters. The fourth-order valence-electron chi connectivity index (χ4n) is 4.56. The third-order valence-corrected chi connectivity index (χ3v) is 5.97. The molecule has 1 aliphatic carbocycles. The molecule has 1 saturated carbocycles. The maximum absolute atomic E-state index is 11.6. The van der Waals surface area contributed by atoms with Gasteiger partial charge in [0.05, 0.1) is 25.2 Å². The summed E-state index contributed by atoms with van der Waals surface area (Å²) in [6.07, 6.45) is 11.4. The Hall–Kier alpha value is -0.860. The van der Waals surface area contributed by atoms with Crippen LogP contribution in [0.25, 0.3) is 0 Å². The second-order valence-electron chi connectivity index (χ2n) is 7.44. The van der Waals surface area contributed by atoms with Gasteiger partial charge < -0.3 is 10.0 Å². The molecule has 0 aromatic heterocycles. The summed E-state index contributed by atoms with van der Waals surface area (Å²) in [6, 6.07) is 10.5. The van der Waals surface area contributed by atoms with Gasteiger partial charge in [-0.05, 0) is 43.6 Å². The molecule has 22 heavy (non-hydrogen) atoms. The van der Waals surface area contributed by atoms with Crippen molar-refractivity contribution in [3.8, 4) is 0 Å². The average molecular weight is 302 g/mol. The van der Waals surface area contributed by atoms with E-state index < -0.39 is 5.60 Å². The molecule has 1 aromatic carbocycles. The number of rotatable bonds is 5. The largest absolute Gasteiger partial charge is 0.385 e. The molecular weight excluding hydrogens is 270 g/mol. The van der Waals surface area contributed by atoms with Gasteiger partial charge >= 0.3 is 0 Å². The van der Waals surface area contributed by atoms with Crippen molar-refractivity contribution in [2.75, 3.05) is 19.6 Å². The minimum absolute atomic E-state index is 0.452. The van der Waals surface area contributed by atoms with Crippen LogP contribution in [-0.2, 0) is 5.60 Å². The molecule has 2 fully saturated rings. The van der Waals surface area contributed by atoms with E-state index in [1.54, 1.807) is 4.90 Å². The normalized spacial score (nSPS) is 24.0.